The Morgan fingerprint density at radius 2 is 1.65 bits per heavy atom. The van der Waals surface area contributed by atoms with Crippen molar-refractivity contribution in [2.45, 2.75) is 65.3 Å². The van der Waals surface area contributed by atoms with Gasteiger partial charge in [-0.15, -0.1) is 0 Å². The van der Waals surface area contributed by atoms with Crippen molar-refractivity contribution in [3.8, 4) is 5.75 Å². The zero-order chi connectivity index (χ0) is 15.2. The van der Waals surface area contributed by atoms with Crippen LogP contribution in [0.4, 0.5) is 0 Å². The highest BCUT2D eigenvalue weighted by atomic mass is 16.7. The van der Waals surface area contributed by atoms with Crippen LogP contribution in [0.1, 0.15) is 48.5 Å². The molecule has 0 radical (unpaired) electrons. The molecule has 0 saturated carbocycles. The Bertz CT molecular complexity index is 478. The Balaban J connectivity index is 2.31. The molecule has 0 unspecified atom stereocenters. The van der Waals surface area contributed by atoms with Crippen LogP contribution in [0.15, 0.2) is 18.5 Å². The number of ether oxygens (including phenoxy) is 1. The van der Waals surface area contributed by atoms with E-state index in [1.54, 1.807) is 12.4 Å². The van der Waals surface area contributed by atoms with Gasteiger partial charge in [-0.25, -0.2) is 0 Å². The molecule has 0 spiro atoms. The Morgan fingerprint density at radius 3 is 2.15 bits per heavy atom. The molecule has 1 aromatic heterocycles. The van der Waals surface area contributed by atoms with E-state index in [1.165, 1.54) is 0 Å². The molecule has 1 saturated heterocycles. The van der Waals surface area contributed by atoms with Crippen LogP contribution in [0.25, 0.3) is 0 Å². The summed E-state index contributed by atoms with van der Waals surface area (Å²) in [4.78, 5) is 4.18. The summed E-state index contributed by atoms with van der Waals surface area (Å²) in [5.74, 6) is 0.756. The van der Waals surface area contributed by atoms with Crippen LogP contribution in [0.3, 0.4) is 0 Å². The third-order valence-corrected chi connectivity index (χ3v) is 3.73. The second-order valence-corrected chi connectivity index (χ2v) is 7.22. The summed E-state index contributed by atoms with van der Waals surface area (Å²) in [5, 5.41) is 0. The minimum Gasteiger partial charge on any atom is -0.488 e. The minimum atomic E-state index is -0.453. The van der Waals surface area contributed by atoms with Crippen molar-refractivity contribution >= 4 is 12.6 Å². The molecule has 0 atom stereocenters. The first-order valence-electron chi connectivity index (χ1n) is 7.00. The van der Waals surface area contributed by atoms with Gasteiger partial charge in [0.25, 0.3) is 0 Å². The van der Waals surface area contributed by atoms with E-state index in [9.17, 15) is 0 Å². The molecule has 0 bridgehead atoms. The maximum Gasteiger partial charge on any atom is 0.500 e. The Kier molecular flexibility index (Phi) is 3.63. The van der Waals surface area contributed by atoms with Gasteiger partial charge in [-0.05, 0) is 54.5 Å². The van der Waals surface area contributed by atoms with Crippen molar-refractivity contribution in [1.29, 1.82) is 0 Å². The van der Waals surface area contributed by atoms with Gasteiger partial charge >= 0.3 is 7.12 Å². The van der Waals surface area contributed by atoms with Crippen molar-refractivity contribution in [3.63, 3.8) is 0 Å². The lowest BCUT2D eigenvalue weighted by Gasteiger charge is -2.32. The highest BCUT2D eigenvalue weighted by Crippen LogP contribution is 2.37. The summed E-state index contributed by atoms with van der Waals surface area (Å²) in [6.07, 6.45) is 3.47. The second kappa shape index (κ2) is 4.74. The zero-order valence-corrected chi connectivity index (χ0v) is 13.5. The van der Waals surface area contributed by atoms with E-state index in [4.69, 9.17) is 14.0 Å². The fourth-order valence-electron chi connectivity index (χ4n) is 1.96. The average Bonchev–Trinajstić information content (AvgIpc) is 2.46. The SMILES string of the molecule is CC(C)(C)Oc1ccncc1B1OC(C)(C)C(C)(C)O1. The molecule has 1 aromatic rings. The number of aromatic nitrogens is 1. The normalized spacial score (nSPS) is 21.1. The summed E-state index contributed by atoms with van der Waals surface area (Å²) in [7, 11) is -0.453. The topological polar surface area (TPSA) is 40.6 Å². The van der Waals surface area contributed by atoms with Crippen molar-refractivity contribution in [2.24, 2.45) is 0 Å². The molecule has 1 aliphatic heterocycles. The monoisotopic (exact) mass is 277 g/mol. The highest BCUT2D eigenvalue weighted by molar-refractivity contribution is 6.63. The smallest absolute Gasteiger partial charge is 0.488 e. The van der Waals surface area contributed by atoms with Gasteiger partial charge in [-0.3, -0.25) is 4.98 Å². The molecular weight excluding hydrogens is 253 g/mol. The van der Waals surface area contributed by atoms with Crippen LogP contribution >= 0.6 is 0 Å². The Hall–Kier alpha value is -1.07. The molecule has 20 heavy (non-hydrogen) atoms. The lowest BCUT2D eigenvalue weighted by Crippen LogP contribution is -2.41. The first-order chi connectivity index (χ1) is 9.02. The van der Waals surface area contributed by atoms with Gasteiger partial charge in [-0.1, -0.05) is 0 Å². The van der Waals surface area contributed by atoms with E-state index >= 15 is 0 Å². The molecule has 0 N–H and O–H groups in total. The van der Waals surface area contributed by atoms with Gasteiger partial charge in [0.05, 0.1) is 11.2 Å². The van der Waals surface area contributed by atoms with E-state index in [2.05, 4.69) is 4.98 Å². The molecule has 110 valence electrons. The quantitative estimate of drug-likeness (QED) is 0.779. The van der Waals surface area contributed by atoms with Gasteiger partial charge in [-0.2, -0.15) is 0 Å². The maximum atomic E-state index is 6.06. The fourth-order valence-corrected chi connectivity index (χ4v) is 1.96. The molecule has 0 amide bonds. The number of pyridine rings is 1. The zero-order valence-electron chi connectivity index (χ0n) is 13.5. The van der Waals surface area contributed by atoms with E-state index in [-0.39, 0.29) is 16.8 Å². The third kappa shape index (κ3) is 2.99. The molecule has 2 heterocycles. The predicted octanol–water partition coefficient (Wildman–Crippen LogP) is 2.56. The summed E-state index contributed by atoms with van der Waals surface area (Å²) in [6, 6.07) is 1.85. The molecule has 1 aliphatic rings. The van der Waals surface area contributed by atoms with Crippen molar-refractivity contribution in [2.75, 3.05) is 0 Å². The largest absolute Gasteiger partial charge is 0.500 e. The maximum absolute atomic E-state index is 6.06. The Morgan fingerprint density at radius 1 is 1.10 bits per heavy atom. The molecule has 5 heteroatoms. The van der Waals surface area contributed by atoms with Crippen LogP contribution in [0.5, 0.6) is 5.75 Å². The molecule has 4 nitrogen and oxygen atoms in total. The van der Waals surface area contributed by atoms with Crippen molar-refractivity contribution < 1.29 is 14.0 Å². The van der Waals surface area contributed by atoms with Crippen LogP contribution in [-0.4, -0.2) is 28.9 Å². The summed E-state index contributed by atoms with van der Waals surface area (Å²) < 4.78 is 18.1. The van der Waals surface area contributed by atoms with Gasteiger partial charge in [0.2, 0.25) is 0 Å². The molecular formula is C15H24BNO3. The van der Waals surface area contributed by atoms with Crippen LogP contribution in [0, 0.1) is 0 Å². The third-order valence-electron chi connectivity index (χ3n) is 3.73. The molecule has 2 rings (SSSR count). The highest BCUT2D eigenvalue weighted by Gasteiger charge is 2.52. The molecule has 0 aromatic carbocycles. The fraction of sp³-hybridized carbons (Fsp3) is 0.667. The number of hydrogen-bond acceptors (Lipinski definition) is 4. The van der Waals surface area contributed by atoms with Gasteiger partial charge in [0, 0.05) is 17.9 Å². The second-order valence-electron chi connectivity index (χ2n) is 7.22. The molecule has 0 aliphatic carbocycles. The average molecular weight is 277 g/mol. The van der Waals surface area contributed by atoms with E-state index < -0.39 is 7.12 Å². The lowest BCUT2D eigenvalue weighted by molar-refractivity contribution is 0.00578. The number of rotatable bonds is 2. The minimum absolute atomic E-state index is 0.278. The van der Waals surface area contributed by atoms with Gasteiger partial charge in [0.15, 0.2) is 0 Å². The van der Waals surface area contributed by atoms with E-state index in [1.807, 2.05) is 54.5 Å². The standard InChI is InChI=1S/C15H24BNO3/c1-13(2,3)18-12-8-9-17-10-11(12)16-19-14(4,5)15(6,7)20-16/h8-10H,1-7H3. The van der Waals surface area contributed by atoms with E-state index in [0.717, 1.165) is 11.2 Å². The van der Waals surface area contributed by atoms with Crippen molar-refractivity contribution in [3.05, 3.63) is 18.5 Å². The van der Waals surface area contributed by atoms with Gasteiger partial charge in [0.1, 0.15) is 11.4 Å². The molecule has 1 fully saturated rings. The lowest BCUT2D eigenvalue weighted by atomic mass is 9.79. The first kappa shape index (κ1) is 15.3. The van der Waals surface area contributed by atoms with Crippen LogP contribution in [-0.2, 0) is 9.31 Å². The van der Waals surface area contributed by atoms with Gasteiger partial charge < -0.3 is 14.0 Å². The number of hydrogen-bond donors (Lipinski definition) is 0. The predicted molar refractivity (Wildman–Crippen MR) is 80.3 cm³/mol. The van der Waals surface area contributed by atoms with E-state index in [0.29, 0.717) is 0 Å². The van der Waals surface area contributed by atoms with Crippen molar-refractivity contribution in [1.82, 2.24) is 4.98 Å². The van der Waals surface area contributed by atoms with Crippen LogP contribution < -0.4 is 10.2 Å². The first-order valence-corrected chi connectivity index (χ1v) is 7.00. The van der Waals surface area contributed by atoms with Crippen LogP contribution in [0.2, 0.25) is 0 Å². The summed E-state index contributed by atoms with van der Waals surface area (Å²) >= 11 is 0. The summed E-state index contributed by atoms with van der Waals surface area (Å²) in [5.41, 5.74) is -0.181. The summed E-state index contributed by atoms with van der Waals surface area (Å²) in [6.45, 7) is 14.2. The number of nitrogens with zero attached hydrogens (tertiary/aromatic N) is 1. The Labute approximate surface area is 122 Å².